The van der Waals surface area contributed by atoms with Gasteiger partial charge in [0.05, 0.1) is 17.8 Å². The predicted octanol–water partition coefficient (Wildman–Crippen LogP) is 4.04. The number of halogens is 3. The van der Waals surface area contributed by atoms with Crippen molar-refractivity contribution in [1.82, 2.24) is 14.9 Å². The Bertz CT molecular complexity index is 1110. The van der Waals surface area contributed by atoms with Crippen molar-refractivity contribution in [3.8, 4) is 11.5 Å². The lowest BCUT2D eigenvalue weighted by Gasteiger charge is -2.29. The predicted molar refractivity (Wildman–Crippen MR) is 109 cm³/mol. The lowest BCUT2D eigenvalue weighted by molar-refractivity contribution is -0.145. The van der Waals surface area contributed by atoms with Gasteiger partial charge in [-0.2, -0.15) is 13.2 Å². The molecule has 0 bridgehead atoms. The van der Waals surface area contributed by atoms with Gasteiger partial charge in [0.25, 0.3) is 0 Å². The first kappa shape index (κ1) is 21.2. The highest BCUT2D eigenvalue weighted by Crippen LogP contribution is 2.33. The molecule has 0 saturated heterocycles. The number of likely N-dealkylation sites (N-methyl/N-ethyl adjacent to an activating group) is 1. The fraction of sp³-hybridized carbons (Fsp3) is 0.286. The molecule has 0 saturated carbocycles. The highest BCUT2D eigenvalue weighted by molar-refractivity contribution is 8.00. The van der Waals surface area contributed by atoms with Gasteiger partial charge in [-0.3, -0.25) is 4.79 Å². The monoisotopic (exact) mass is 449 g/mol. The fourth-order valence-corrected chi connectivity index (χ4v) is 4.04. The Morgan fingerprint density at radius 1 is 1.13 bits per heavy atom. The van der Waals surface area contributed by atoms with Crippen LogP contribution < -0.4 is 9.47 Å². The summed E-state index contributed by atoms with van der Waals surface area (Å²) in [7, 11) is 1.62. The van der Waals surface area contributed by atoms with Gasteiger partial charge in [-0.05, 0) is 18.2 Å². The maximum Gasteiger partial charge on any atom is 0.451 e. The van der Waals surface area contributed by atoms with E-state index in [1.165, 1.54) is 11.0 Å². The lowest BCUT2D eigenvalue weighted by atomic mass is 10.2. The number of alkyl halides is 3. The maximum absolute atomic E-state index is 13.2. The van der Waals surface area contributed by atoms with Crippen molar-refractivity contribution < 1.29 is 27.4 Å². The van der Waals surface area contributed by atoms with Gasteiger partial charge in [0.1, 0.15) is 11.6 Å². The first-order chi connectivity index (χ1) is 14.8. The highest BCUT2D eigenvalue weighted by atomic mass is 32.2. The third kappa shape index (κ3) is 4.84. The SMILES string of the molecule is CN(CC1COc2ccccc2O1)C(=O)CSc1nc(C(F)(F)F)nc2ccccc12. The van der Waals surface area contributed by atoms with Gasteiger partial charge in [-0.1, -0.05) is 42.1 Å². The second-order valence-electron chi connectivity index (χ2n) is 6.93. The molecule has 1 unspecified atom stereocenters. The number of aromatic nitrogens is 2. The van der Waals surface area contributed by atoms with E-state index in [1.54, 1.807) is 37.4 Å². The molecule has 0 aliphatic carbocycles. The second kappa shape index (κ2) is 8.62. The van der Waals surface area contributed by atoms with E-state index in [0.717, 1.165) is 11.8 Å². The molecule has 1 aromatic heterocycles. The molecule has 0 fully saturated rings. The van der Waals surface area contributed by atoms with Crippen LogP contribution in [-0.2, 0) is 11.0 Å². The van der Waals surface area contributed by atoms with Crippen LogP contribution in [0.3, 0.4) is 0 Å². The molecule has 1 atom stereocenters. The van der Waals surface area contributed by atoms with Crippen LogP contribution in [0.2, 0.25) is 0 Å². The third-order valence-corrected chi connectivity index (χ3v) is 5.60. The molecule has 1 amide bonds. The van der Waals surface area contributed by atoms with Crippen LogP contribution in [0.5, 0.6) is 11.5 Å². The van der Waals surface area contributed by atoms with E-state index in [9.17, 15) is 18.0 Å². The van der Waals surface area contributed by atoms with E-state index in [-0.39, 0.29) is 34.9 Å². The van der Waals surface area contributed by atoms with Crippen molar-refractivity contribution >= 4 is 28.6 Å². The van der Waals surface area contributed by atoms with Crippen LogP contribution in [0.15, 0.2) is 53.6 Å². The molecule has 3 aromatic rings. The summed E-state index contributed by atoms with van der Waals surface area (Å²) >= 11 is 0.953. The van der Waals surface area contributed by atoms with Crippen molar-refractivity contribution in [2.75, 3.05) is 26.0 Å². The number of thioether (sulfide) groups is 1. The summed E-state index contributed by atoms with van der Waals surface area (Å²) in [4.78, 5) is 21.3. The Hall–Kier alpha value is -3.01. The van der Waals surface area contributed by atoms with Gasteiger partial charge in [0.2, 0.25) is 11.7 Å². The van der Waals surface area contributed by atoms with E-state index in [4.69, 9.17) is 9.47 Å². The topological polar surface area (TPSA) is 64.6 Å². The fourth-order valence-electron chi connectivity index (χ4n) is 3.08. The van der Waals surface area contributed by atoms with E-state index < -0.39 is 12.0 Å². The largest absolute Gasteiger partial charge is 0.486 e. The molecule has 4 rings (SSSR count). The Labute approximate surface area is 180 Å². The van der Waals surface area contributed by atoms with E-state index >= 15 is 0 Å². The number of carbonyl (C=O) groups is 1. The molecule has 10 heteroatoms. The van der Waals surface area contributed by atoms with E-state index in [2.05, 4.69) is 9.97 Å². The molecule has 0 N–H and O–H groups in total. The highest BCUT2D eigenvalue weighted by Gasteiger charge is 2.35. The number of ether oxygens (including phenoxy) is 2. The van der Waals surface area contributed by atoms with Crippen molar-refractivity contribution in [3.05, 3.63) is 54.4 Å². The zero-order valence-corrected chi connectivity index (χ0v) is 17.2. The van der Waals surface area contributed by atoms with Crippen molar-refractivity contribution in [3.63, 3.8) is 0 Å². The van der Waals surface area contributed by atoms with Crippen LogP contribution >= 0.6 is 11.8 Å². The summed E-state index contributed by atoms with van der Waals surface area (Å²) in [5.41, 5.74) is 0.180. The number of amides is 1. The van der Waals surface area contributed by atoms with Gasteiger partial charge >= 0.3 is 6.18 Å². The van der Waals surface area contributed by atoms with Crippen molar-refractivity contribution in [1.29, 1.82) is 0 Å². The van der Waals surface area contributed by atoms with Crippen LogP contribution in [0.4, 0.5) is 13.2 Å². The Morgan fingerprint density at radius 2 is 1.84 bits per heavy atom. The van der Waals surface area contributed by atoms with E-state index in [1.807, 2.05) is 12.1 Å². The number of para-hydroxylation sites is 3. The molecule has 0 spiro atoms. The molecule has 31 heavy (non-hydrogen) atoms. The summed E-state index contributed by atoms with van der Waals surface area (Å²) in [6, 6.07) is 13.7. The number of benzene rings is 2. The molecule has 2 aromatic carbocycles. The molecule has 6 nitrogen and oxygen atoms in total. The Kier molecular flexibility index (Phi) is 5.90. The Balaban J connectivity index is 1.42. The summed E-state index contributed by atoms with van der Waals surface area (Å²) < 4.78 is 51.0. The quantitative estimate of drug-likeness (QED) is 0.433. The minimum Gasteiger partial charge on any atom is -0.486 e. The maximum atomic E-state index is 13.2. The van der Waals surface area contributed by atoms with Gasteiger partial charge in [-0.15, -0.1) is 0 Å². The Morgan fingerprint density at radius 3 is 2.61 bits per heavy atom. The molecule has 1 aliphatic heterocycles. The number of nitrogens with zero attached hydrogens (tertiary/aromatic N) is 3. The number of rotatable bonds is 5. The lowest BCUT2D eigenvalue weighted by Crippen LogP contribution is -2.42. The molecule has 1 aliphatic rings. The van der Waals surface area contributed by atoms with Crippen LogP contribution in [0, 0.1) is 0 Å². The zero-order chi connectivity index (χ0) is 22.0. The van der Waals surface area contributed by atoms with Gasteiger partial charge in [0, 0.05) is 12.4 Å². The summed E-state index contributed by atoms with van der Waals surface area (Å²) in [5.74, 6) is -0.288. The normalized spacial score (nSPS) is 15.7. The minimum absolute atomic E-state index is 0.0705. The third-order valence-electron chi connectivity index (χ3n) is 4.62. The van der Waals surface area contributed by atoms with Crippen LogP contribution in [0.25, 0.3) is 10.9 Å². The van der Waals surface area contributed by atoms with Crippen molar-refractivity contribution in [2.24, 2.45) is 0 Å². The number of carbonyl (C=O) groups excluding carboxylic acids is 1. The standard InChI is InChI=1S/C21H18F3N3O3S/c1-27(10-13-11-29-16-8-4-5-9-17(16)30-13)18(28)12-31-19-14-6-2-3-7-15(14)25-20(26-19)21(22,23)24/h2-9,13H,10-12H2,1H3. The molecule has 2 heterocycles. The first-order valence-electron chi connectivity index (χ1n) is 9.40. The second-order valence-corrected chi connectivity index (χ2v) is 7.89. The average Bonchev–Trinajstić information content (AvgIpc) is 2.76. The van der Waals surface area contributed by atoms with Crippen molar-refractivity contribution in [2.45, 2.75) is 17.3 Å². The summed E-state index contributed by atoms with van der Waals surface area (Å²) in [6.45, 7) is 0.583. The average molecular weight is 449 g/mol. The number of hydrogen-bond acceptors (Lipinski definition) is 6. The van der Waals surface area contributed by atoms with Gasteiger partial charge in [-0.25, -0.2) is 9.97 Å². The summed E-state index contributed by atoms with van der Waals surface area (Å²) in [6.07, 6.45) is -5.01. The van der Waals surface area contributed by atoms with E-state index in [0.29, 0.717) is 23.5 Å². The molecule has 162 valence electrons. The zero-order valence-electron chi connectivity index (χ0n) is 16.4. The molecule has 0 radical (unpaired) electrons. The molecular weight excluding hydrogens is 431 g/mol. The van der Waals surface area contributed by atoms with Gasteiger partial charge < -0.3 is 14.4 Å². The first-order valence-corrected chi connectivity index (χ1v) is 10.4. The molecular formula is C21H18F3N3O3S. The smallest absolute Gasteiger partial charge is 0.451 e. The minimum atomic E-state index is -4.67. The number of fused-ring (bicyclic) bond motifs is 2. The van der Waals surface area contributed by atoms with Crippen LogP contribution in [-0.4, -0.2) is 52.8 Å². The van der Waals surface area contributed by atoms with Gasteiger partial charge in [0.15, 0.2) is 17.6 Å². The van der Waals surface area contributed by atoms with Crippen LogP contribution in [0.1, 0.15) is 5.82 Å². The number of hydrogen-bond donors (Lipinski definition) is 0. The summed E-state index contributed by atoms with van der Waals surface area (Å²) in [5, 5.41) is 0.586.